The molecular weight excluding hydrogens is 379 g/mol. The molecule has 0 amide bonds. The van der Waals surface area contributed by atoms with Crippen LogP contribution in [0.1, 0.15) is 15.9 Å². The van der Waals surface area contributed by atoms with E-state index >= 15 is 0 Å². The van der Waals surface area contributed by atoms with Crippen molar-refractivity contribution in [2.45, 2.75) is 6.92 Å². The number of hydrogen-bond donors (Lipinski definition) is 2. The van der Waals surface area contributed by atoms with Gasteiger partial charge in [-0.15, -0.1) is 0 Å². The Kier molecular flexibility index (Phi) is 3.84. The van der Waals surface area contributed by atoms with Crippen LogP contribution in [0, 0.1) is 12.7 Å². The first kappa shape index (κ1) is 17.0. The highest BCUT2D eigenvalue weighted by Gasteiger charge is 2.30. The van der Waals surface area contributed by atoms with Gasteiger partial charge in [-0.1, -0.05) is 5.16 Å². The maximum absolute atomic E-state index is 14.9. The molecule has 1 fully saturated rings. The molecule has 0 unspecified atom stereocenters. The molecule has 3 aromatic rings. The number of carboxylic acids is 1. The van der Waals surface area contributed by atoms with Crippen LogP contribution in [-0.4, -0.2) is 54.0 Å². The fraction of sp³-hybridized carbons (Fsp3) is 0.200. The maximum Gasteiger partial charge on any atom is 0.341 e. The largest absolute Gasteiger partial charge is 0.477 e. The molecule has 1 aliphatic rings. The zero-order chi connectivity index (χ0) is 19.3. The maximum atomic E-state index is 14.9. The Morgan fingerprint density at radius 1 is 1.41 bits per heavy atom. The van der Waals surface area contributed by atoms with E-state index in [1.807, 2.05) is 0 Å². The average molecular weight is 390 g/mol. The van der Waals surface area contributed by atoms with E-state index in [-0.39, 0.29) is 40.6 Å². The Labute approximate surface area is 154 Å². The zero-order valence-corrected chi connectivity index (χ0v) is 14.6. The van der Waals surface area contributed by atoms with Gasteiger partial charge in [0.2, 0.25) is 10.6 Å². The number of anilines is 1. The molecule has 0 atom stereocenters. The first-order chi connectivity index (χ1) is 12.9. The quantitative estimate of drug-likeness (QED) is 0.500. The second kappa shape index (κ2) is 6.09. The van der Waals surface area contributed by atoms with Gasteiger partial charge in [-0.2, -0.15) is 4.37 Å². The molecule has 0 saturated carbocycles. The molecule has 0 aromatic carbocycles. The van der Waals surface area contributed by atoms with Crippen LogP contribution in [0.5, 0.6) is 0 Å². The Hall–Kier alpha value is -3.41. The Morgan fingerprint density at radius 2 is 2.15 bits per heavy atom. The van der Waals surface area contributed by atoms with Crippen molar-refractivity contribution in [2.24, 2.45) is 5.16 Å². The summed E-state index contributed by atoms with van der Waals surface area (Å²) in [4.78, 5) is 33.9. The number of aryl methyl sites for hydroxylation is 1. The number of carboxylic acid groups (broad SMARTS) is 1. The molecule has 2 N–H and O–H groups in total. The van der Waals surface area contributed by atoms with Gasteiger partial charge < -0.3 is 15.2 Å². The second-order valence-corrected chi connectivity index (χ2v) is 6.62. The predicted molar refractivity (Wildman–Crippen MR) is 93.9 cm³/mol. The highest BCUT2D eigenvalue weighted by atomic mass is 32.1. The van der Waals surface area contributed by atoms with Gasteiger partial charge in [-0.05, 0) is 6.92 Å². The fourth-order valence-corrected chi connectivity index (χ4v) is 3.38. The molecular formula is C15H11FN6O4S. The lowest BCUT2D eigenvalue weighted by Crippen LogP contribution is -2.48. The topological polar surface area (TPSA) is 134 Å². The molecule has 138 valence electrons. The molecule has 27 heavy (non-hydrogen) atoms. The summed E-state index contributed by atoms with van der Waals surface area (Å²) >= 11 is 0.973. The molecule has 4 rings (SSSR count). The molecule has 0 bridgehead atoms. The molecule has 4 heterocycles. The van der Waals surface area contributed by atoms with Crippen LogP contribution in [-0.2, 0) is 0 Å². The summed E-state index contributed by atoms with van der Waals surface area (Å²) in [6.45, 7) is 1.78. The van der Waals surface area contributed by atoms with E-state index in [0.717, 1.165) is 17.7 Å². The number of rotatable bonds is 3. The Balaban J connectivity index is 2.06. The van der Waals surface area contributed by atoms with E-state index in [0.29, 0.717) is 5.71 Å². The standard InChI is InChI=1S/C15H11FN6O4S/c1-6-9-11(23)8(14(24)25)4-22(15-17-5-18-27-15)12(9)19-13(10(6)16)21-2-7(3-21)20-26/h4-5,26H,2-3H2,1H3,(H,24,25). The summed E-state index contributed by atoms with van der Waals surface area (Å²) in [5.74, 6) is -2.19. The number of aromatic nitrogens is 4. The van der Waals surface area contributed by atoms with Crippen molar-refractivity contribution < 1.29 is 19.5 Å². The molecule has 10 nitrogen and oxygen atoms in total. The molecule has 0 spiro atoms. The minimum atomic E-state index is -1.43. The molecule has 12 heteroatoms. The van der Waals surface area contributed by atoms with Crippen molar-refractivity contribution in [1.82, 2.24) is 18.9 Å². The van der Waals surface area contributed by atoms with Crippen molar-refractivity contribution in [3.8, 4) is 5.13 Å². The average Bonchev–Trinajstić information content (AvgIpc) is 3.12. The third kappa shape index (κ3) is 2.52. The van der Waals surface area contributed by atoms with Crippen LogP contribution in [0.4, 0.5) is 10.2 Å². The first-order valence-electron chi connectivity index (χ1n) is 7.63. The number of nitrogens with zero attached hydrogens (tertiary/aromatic N) is 6. The molecule has 1 saturated heterocycles. The number of hydrogen-bond acceptors (Lipinski definition) is 9. The number of carbonyl (C=O) groups is 1. The van der Waals surface area contributed by atoms with E-state index in [1.165, 1.54) is 22.7 Å². The van der Waals surface area contributed by atoms with Crippen molar-refractivity contribution in [3.05, 3.63) is 39.7 Å². The van der Waals surface area contributed by atoms with E-state index < -0.39 is 22.8 Å². The third-order valence-corrected chi connectivity index (χ3v) is 4.93. The third-order valence-electron chi connectivity index (χ3n) is 4.27. The van der Waals surface area contributed by atoms with Crippen LogP contribution < -0.4 is 10.3 Å². The van der Waals surface area contributed by atoms with Gasteiger partial charge in [0.05, 0.1) is 24.2 Å². The molecule has 0 aliphatic carbocycles. The van der Waals surface area contributed by atoms with Gasteiger partial charge in [0, 0.05) is 23.3 Å². The second-order valence-electron chi connectivity index (χ2n) is 5.87. The van der Waals surface area contributed by atoms with Gasteiger partial charge in [-0.25, -0.2) is 19.2 Å². The van der Waals surface area contributed by atoms with Crippen molar-refractivity contribution in [3.63, 3.8) is 0 Å². The minimum Gasteiger partial charge on any atom is -0.477 e. The van der Waals surface area contributed by atoms with E-state index in [4.69, 9.17) is 5.21 Å². The van der Waals surface area contributed by atoms with Crippen LogP contribution in [0.2, 0.25) is 0 Å². The minimum absolute atomic E-state index is 0.0178. The van der Waals surface area contributed by atoms with Crippen LogP contribution in [0.25, 0.3) is 16.2 Å². The van der Waals surface area contributed by atoms with Crippen molar-refractivity contribution in [1.29, 1.82) is 0 Å². The summed E-state index contributed by atoms with van der Waals surface area (Å²) in [6.07, 6.45) is 2.39. The summed E-state index contributed by atoms with van der Waals surface area (Å²) in [7, 11) is 0. The van der Waals surface area contributed by atoms with Crippen LogP contribution in [0.3, 0.4) is 0 Å². The van der Waals surface area contributed by atoms with Gasteiger partial charge in [0.15, 0.2) is 17.3 Å². The summed E-state index contributed by atoms with van der Waals surface area (Å²) < 4.78 is 20.1. The highest BCUT2D eigenvalue weighted by molar-refractivity contribution is 7.08. The predicted octanol–water partition coefficient (Wildman–Crippen LogP) is 1.03. The molecule has 3 aromatic heterocycles. The van der Waals surface area contributed by atoms with E-state index in [2.05, 4.69) is 19.5 Å². The Morgan fingerprint density at radius 3 is 2.74 bits per heavy atom. The summed E-state index contributed by atoms with van der Waals surface area (Å²) in [6, 6.07) is 0. The van der Waals surface area contributed by atoms with Crippen LogP contribution in [0.15, 0.2) is 22.5 Å². The lowest BCUT2D eigenvalue weighted by molar-refractivity contribution is 0.0695. The number of fused-ring (bicyclic) bond motifs is 1. The lowest BCUT2D eigenvalue weighted by atomic mass is 10.1. The SMILES string of the molecule is Cc1c(F)c(N2CC(=NO)C2)nc2c1c(=O)c(C(=O)O)cn2-c1ncns1. The van der Waals surface area contributed by atoms with Crippen molar-refractivity contribution >= 4 is 40.1 Å². The number of aromatic carboxylic acids is 1. The normalized spacial score (nSPS) is 13.7. The number of halogens is 1. The van der Waals surface area contributed by atoms with Crippen LogP contribution >= 0.6 is 11.5 Å². The monoisotopic (exact) mass is 390 g/mol. The van der Waals surface area contributed by atoms with Crippen molar-refractivity contribution in [2.75, 3.05) is 18.0 Å². The Bertz CT molecular complexity index is 1170. The summed E-state index contributed by atoms with van der Waals surface area (Å²) in [5, 5.41) is 21.3. The highest BCUT2D eigenvalue weighted by Crippen LogP contribution is 2.29. The van der Waals surface area contributed by atoms with Gasteiger partial charge in [0.1, 0.15) is 11.9 Å². The molecule has 1 aliphatic heterocycles. The van der Waals surface area contributed by atoms with E-state index in [1.54, 1.807) is 0 Å². The lowest BCUT2D eigenvalue weighted by Gasteiger charge is -2.33. The number of oxime groups is 1. The summed E-state index contributed by atoms with van der Waals surface area (Å²) in [5.41, 5.74) is -0.819. The fourth-order valence-electron chi connectivity index (χ4n) is 2.87. The van der Waals surface area contributed by atoms with Gasteiger partial charge >= 0.3 is 5.97 Å². The van der Waals surface area contributed by atoms with E-state index in [9.17, 15) is 19.1 Å². The zero-order valence-electron chi connectivity index (χ0n) is 13.7. The smallest absolute Gasteiger partial charge is 0.341 e. The van der Waals surface area contributed by atoms with Gasteiger partial charge in [-0.3, -0.25) is 9.36 Å². The first-order valence-corrected chi connectivity index (χ1v) is 8.40. The molecule has 0 radical (unpaired) electrons. The number of pyridine rings is 2. The van der Waals surface area contributed by atoms with Gasteiger partial charge in [0.25, 0.3) is 0 Å².